The number of rotatable bonds is 4. The Balaban J connectivity index is 1.82. The maximum atomic E-state index is 13.4. The Morgan fingerprint density at radius 3 is 2.58 bits per heavy atom. The van der Waals surface area contributed by atoms with Gasteiger partial charge in [0.25, 0.3) is 0 Å². The Morgan fingerprint density at radius 2 is 1.90 bits per heavy atom. The molecular formula is C21H20F7NO2. The molecule has 10 heteroatoms. The van der Waals surface area contributed by atoms with Crippen LogP contribution in [0.15, 0.2) is 64.0 Å². The lowest BCUT2D eigenvalue weighted by molar-refractivity contribution is -0.164. The van der Waals surface area contributed by atoms with Crippen molar-refractivity contribution in [3.05, 3.63) is 59.0 Å². The van der Waals surface area contributed by atoms with E-state index in [0.29, 0.717) is 30.3 Å². The van der Waals surface area contributed by atoms with Crippen LogP contribution < -0.4 is 0 Å². The summed E-state index contributed by atoms with van der Waals surface area (Å²) in [5.74, 6) is -2.73. The maximum Gasteiger partial charge on any atom is 0.416 e. The first-order valence-corrected chi connectivity index (χ1v) is 9.56. The molecule has 170 valence electrons. The molecule has 3 nitrogen and oxygen atoms in total. The van der Waals surface area contributed by atoms with Crippen molar-refractivity contribution in [2.24, 2.45) is 10.9 Å². The van der Waals surface area contributed by atoms with Gasteiger partial charge < -0.3 is 9.47 Å². The predicted octanol–water partition coefficient (Wildman–Crippen LogP) is 5.93. The normalized spacial score (nSPS) is 26.3. The van der Waals surface area contributed by atoms with Crippen molar-refractivity contribution in [3.8, 4) is 0 Å². The number of ether oxygens (including phenoxy) is 2. The molecule has 2 aliphatic carbocycles. The van der Waals surface area contributed by atoms with Crippen LogP contribution in [0.25, 0.3) is 0 Å². The Labute approximate surface area is 174 Å². The quantitative estimate of drug-likeness (QED) is 0.497. The molecule has 3 aliphatic rings. The van der Waals surface area contributed by atoms with E-state index >= 15 is 0 Å². The first kappa shape index (κ1) is 23.5. The molecule has 0 spiro atoms. The minimum absolute atomic E-state index is 0.147. The predicted molar refractivity (Wildman–Crippen MR) is 100 cm³/mol. The van der Waals surface area contributed by atoms with Gasteiger partial charge in [0.1, 0.15) is 5.83 Å². The van der Waals surface area contributed by atoms with Crippen LogP contribution in [0.2, 0.25) is 0 Å². The van der Waals surface area contributed by atoms with Crippen LogP contribution in [0.5, 0.6) is 0 Å². The van der Waals surface area contributed by atoms with Crippen molar-refractivity contribution < 1.29 is 40.2 Å². The van der Waals surface area contributed by atoms with Crippen LogP contribution in [0.1, 0.15) is 19.8 Å². The Morgan fingerprint density at radius 1 is 1.16 bits per heavy atom. The smallest absolute Gasteiger partial charge is 0.345 e. The lowest BCUT2D eigenvalue weighted by Gasteiger charge is -2.31. The van der Waals surface area contributed by atoms with Crippen LogP contribution in [0, 0.1) is 5.92 Å². The minimum Gasteiger partial charge on any atom is -0.345 e. The second-order valence-electron chi connectivity index (χ2n) is 7.29. The van der Waals surface area contributed by atoms with Gasteiger partial charge in [-0.15, -0.1) is 0 Å². The summed E-state index contributed by atoms with van der Waals surface area (Å²) in [6, 6.07) is 0. The van der Waals surface area contributed by atoms with Gasteiger partial charge in [-0.05, 0) is 49.1 Å². The van der Waals surface area contributed by atoms with Crippen LogP contribution in [0.4, 0.5) is 30.7 Å². The van der Waals surface area contributed by atoms with Gasteiger partial charge in [0.2, 0.25) is 6.29 Å². The third kappa shape index (κ3) is 5.94. The number of halogens is 7. The minimum atomic E-state index is -4.92. The van der Waals surface area contributed by atoms with Gasteiger partial charge >= 0.3 is 12.4 Å². The van der Waals surface area contributed by atoms with E-state index in [1.807, 2.05) is 0 Å². The van der Waals surface area contributed by atoms with E-state index in [1.54, 1.807) is 6.08 Å². The summed E-state index contributed by atoms with van der Waals surface area (Å²) in [6.07, 6.45) is -5.80. The molecule has 1 heterocycles. The van der Waals surface area contributed by atoms with Crippen LogP contribution in [-0.4, -0.2) is 43.6 Å². The summed E-state index contributed by atoms with van der Waals surface area (Å²) in [6.45, 7) is 1.85. The van der Waals surface area contributed by atoms with Gasteiger partial charge in [0.05, 0.1) is 36.5 Å². The van der Waals surface area contributed by atoms with Crippen molar-refractivity contribution in [1.29, 1.82) is 0 Å². The molecule has 3 atom stereocenters. The first-order valence-electron chi connectivity index (χ1n) is 9.56. The molecule has 0 radical (unpaired) electrons. The van der Waals surface area contributed by atoms with Crippen molar-refractivity contribution in [1.82, 2.24) is 0 Å². The van der Waals surface area contributed by atoms with Gasteiger partial charge in [-0.3, -0.25) is 4.99 Å². The highest BCUT2D eigenvalue weighted by Crippen LogP contribution is 2.41. The summed E-state index contributed by atoms with van der Waals surface area (Å²) in [5, 5.41) is 0. The topological polar surface area (TPSA) is 30.8 Å². The number of allylic oxidation sites excluding steroid dienone is 8. The SMILES string of the molecule is CC(OC1OCCN=C1C1=CC=C(F)C=CC1)C1=CC(C(F)(F)F)=CC(C(F)(F)F)C1. The average molecular weight is 451 g/mol. The van der Waals surface area contributed by atoms with Crippen molar-refractivity contribution in [3.63, 3.8) is 0 Å². The molecule has 0 saturated carbocycles. The van der Waals surface area contributed by atoms with Gasteiger partial charge in [0, 0.05) is 0 Å². The van der Waals surface area contributed by atoms with Crippen molar-refractivity contribution in [2.45, 2.75) is 44.5 Å². The lowest BCUT2D eigenvalue weighted by Crippen LogP contribution is -2.38. The molecule has 0 aromatic heterocycles. The summed E-state index contributed by atoms with van der Waals surface area (Å²) in [4.78, 5) is 4.33. The van der Waals surface area contributed by atoms with Crippen molar-refractivity contribution >= 4 is 5.71 Å². The number of aliphatic imine (C=N–C) groups is 1. The molecule has 0 N–H and O–H groups in total. The van der Waals surface area contributed by atoms with Crippen molar-refractivity contribution in [2.75, 3.05) is 13.2 Å². The summed E-state index contributed by atoms with van der Waals surface area (Å²) in [5.41, 5.74) is -0.583. The summed E-state index contributed by atoms with van der Waals surface area (Å²) < 4.78 is 104. The zero-order valence-electron chi connectivity index (χ0n) is 16.4. The Hall–Kier alpha value is -2.20. The van der Waals surface area contributed by atoms with Gasteiger partial charge in [-0.2, -0.15) is 26.3 Å². The third-order valence-electron chi connectivity index (χ3n) is 5.03. The zero-order valence-corrected chi connectivity index (χ0v) is 16.4. The molecule has 3 rings (SSSR count). The summed E-state index contributed by atoms with van der Waals surface area (Å²) in [7, 11) is 0. The highest BCUT2D eigenvalue weighted by atomic mass is 19.4. The molecular weight excluding hydrogens is 431 g/mol. The van der Waals surface area contributed by atoms with E-state index in [4.69, 9.17) is 9.47 Å². The van der Waals surface area contributed by atoms with Gasteiger partial charge in [-0.1, -0.05) is 18.2 Å². The van der Waals surface area contributed by atoms with Crippen LogP contribution >= 0.6 is 0 Å². The largest absolute Gasteiger partial charge is 0.416 e. The van der Waals surface area contributed by atoms with E-state index < -0.39 is 48.5 Å². The highest BCUT2D eigenvalue weighted by Gasteiger charge is 2.45. The number of alkyl halides is 6. The van der Waals surface area contributed by atoms with E-state index in [-0.39, 0.29) is 18.3 Å². The second kappa shape index (κ2) is 9.12. The first-order chi connectivity index (χ1) is 14.4. The highest BCUT2D eigenvalue weighted by molar-refractivity contribution is 6.03. The monoisotopic (exact) mass is 451 g/mol. The second-order valence-corrected chi connectivity index (χ2v) is 7.29. The molecule has 3 unspecified atom stereocenters. The summed E-state index contributed by atoms with van der Waals surface area (Å²) >= 11 is 0. The van der Waals surface area contributed by atoms with E-state index in [2.05, 4.69) is 4.99 Å². The average Bonchev–Trinajstić information content (AvgIpc) is 2.91. The van der Waals surface area contributed by atoms with Gasteiger partial charge in [0.15, 0.2) is 0 Å². The standard InChI is InChI=1S/C21H20F7NO2/c1-12(14-9-15(20(23,24)25)11-16(10-14)21(26,27)28)31-19-18(29-7-8-30-19)13-3-2-4-17(22)6-5-13/h2,4-6,9,11-12,16,19H,3,7-8,10H2,1H3. The maximum absolute atomic E-state index is 13.4. The fraction of sp³-hybridized carbons (Fsp3) is 0.476. The van der Waals surface area contributed by atoms with Crippen LogP contribution in [-0.2, 0) is 9.47 Å². The molecule has 31 heavy (non-hydrogen) atoms. The Kier molecular flexibility index (Phi) is 6.90. The molecule has 0 bridgehead atoms. The fourth-order valence-electron chi connectivity index (χ4n) is 3.41. The lowest BCUT2D eigenvalue weighted by atomic mass is 9.87. The van der Waals surface area contributed by atoms with E-state index in [1.165, 1.54) is 25.2 Å². The van der Waals surface area contributed by atoms with Crippen LogP contribution in [0.3, 0.4) is 0 Å². The van der Waals surface area contributed by atoms with E-state index in [9.17, 15) is 30.7 Å². The third-order valence-corrected chi connectivity index (χ3v) is 5.03. The molecule has 0 aromatic carbocycles. The molecule has 0 aromatic rings. The number of hydrogen-bond donors (Lipinski definition) is 0. The van der Waals surface area contributed by atoms with E-state index in [0.717, 1.165) is 0 Å². The molecule has 1 aliphatic heterocycles. The molecule has 0 saturated heterocycles. The molecule has 0 fully saturated rings. The van der Waals surface area contributed by atoms with Gasteiger partial charge in [-0.25, -0.2) is 4.39 Å². The number of nitrogens with zero attached hydrogens (tertiary/aromatic N) is 1. The molecule has 0 amide bonds. The zero-order chi connectivity index (χ0) is 22.8. The number of hydrogen-bond acceptors (Lipinski definition) is 3. The Bertz CT molecular complexity index is 875. The fourth-order valence-corrected chi connectivity index (χ4v) is 3.41.